The number of anilines is 1. The number of hydrogen-bond donors (Lipinski definition) is 2. The van der Waals surface area contributed by atoms with Crippen molar-refractivity contribution in [2.75, 3.05) is 19.0 Å². The number of aromatic hydroxyl groups is 1. The van der Waals surface area contributed by atoms with Gasteiger partial charge in [-0.3, -0.25) is 4.79 Å². The second-order valence-electron chi connectivity index (χ2n) is 4.73. The number of methoxy groups -OCH3 is 1. The average molecular weight is 355 g/mol. The number of nitrogens with one attached hydrogen (secondary N) is 1. The van der Waals surface area contributed by atoms with Crippen LogP contribution in [0.4, 0.5) is 18.9 Å². The van der Waals surface area contributed by atoms with E-state index in [0.717, 1.165) is 6.07 Å². The van der Waals surface area contributed by atoms with Gasteiger partial charge >= 0.3 is 5.97 Å². The quantitative estimate of drug-likeness (QED) is 0.636. The Kier molecular flexibility index (Phi) is 5.48. The Morgan fingerprint density at radius 3 is 2.52 bits per heavy atom. The Bertz CT molecular complexity index is 826. The molecule has 0 aliphatic rings. The topological polar surface area (TPSA) is 84.9 Å². The van der Waals surface area contributed by atoms with E-state index in [0.29, 0.717) is 6.07 Å². The normalized spacial score (nSPS) is 10.2. The maximum atomic E-state index is 13.4. The molecule has 0 radical (unpaired) electrons. The number of phenols is 1. The van der Waals surface area contributed by atoms with Crippen LogP contribution in [0.15, 0.2) is 30.3 Å². The highest BCUT2D eigenvalue weighted by molar-refractivity contribution is 5.97. The number of halogens is 3. The molecule has 0 aliphatic carbocycles. The molecule has 0 unspecified atom stereocenters. The largest absolute Gasteiger partial charge is 0.507 e. The maximum Gasteiger partial charge on any atom is 0.342 e. The summed E-state index contributed by atoms with van der Waals surface area (Å²) >= 11 is 0. The molecule has 0 atom stereocenters. The summed E-state index contributed by atoms with van der Waals surface area (Å²) in [6, 6.07) is 5.26. The number of carbonyl (C=O) groups is 2. The second-order valence-corrected chi connectivity index (χ2v) is 4.73. The molecule has 2 aromatic carbocycles. The van der Waals surface area contributed by atoms with E-state index >= 15 is 0 Å². The van der Waals surface area contributed by atoms with E-state index in [1.54, 1.807) is 0 Å². The minimum absolute atomic E-state index is 0.244. The molecule has 1 amide bonds. The molecule has 0 saturated heterocycles. The van der Waals surface area contributed by atoms with Crippen molar-refractivity contribution in [2.45, 2.75) is 0 Å². The Labute approximate surface area is 139 Å². The first-order chi connectivity index (χ1) is 11.8. The zero-order valence-electron chi connectivity index (χ0n) is 12.8. The summed E-state index contributed by atoms with van der Waals surface area (Å²) in [7, 11) is 1.35. The summed E-state index contributed by atoms with van der Waals surface area (Å²) in [4.78, 5) is 23.5. The number of rotatable bonds is 5. The van der Waals surface area contributed by atoms with Crippen LogP contribution in [0, 0.1) is 17.5 Å². The lowest BCUT2D eigenvalue weighted by Gasteiger charge is -2.09. The van der Waals surface area contributed by atoms with E-state index in [2.05, 4.69) is 4.74 Å². The highest BCUT2D eigenvalue weighted by Gasteiger charge is 2.18. The Hall–Kier alpha value is -3.23. The van der Waals surface area contributed by atoms with Crippen molar-refractivity contribution in [3.63, 3.8) is 0 Å². The molecule has 0 spiro atoms. The van der Waals surface area contributed by atoms with Crippen molar-refractivity contribution in [3.8, 4) is 11.5 Å². The first kappa shape index (κ1) is 18.1. The van der Waals surface area contributed by atoms with Crippen molar-refractivity contribution in [1.82, 2.24) is 0 Å². The molecule has 0 saturated carbocycles. The molecule has 2 N–H and O–H groups in total. The first-order valence-corrected chi connectivity index (χ1v) is 6.81. The highest BCUT2D eigenvalue weighted by atomic mass is 19.2. The maximum absolute atomic E-state index is 13.4. The molecule has 25 heavy (non-hydrogen) atoms. The Balaban J connectivity index is 2.01. The van der Waals surface area contributed by atoms with E-state index in [4.69, 9.17) is 4.74 Å². The van der Waals surface area contributed by atoms with E-state index in [1.165, 1.54) is 25.3 Å². The van der Waals surface area contributed by atoms with Gasteiger partial charge in [-0.15, -0.1) is 0 Å². The minimum atomic E-state index is -1.74. The predicted octanol–water partition coefficient (Wildman–Crippen LogP) is 2.61. The van der Waals surface area contributed by atoms with Crippen LogP contribution >= 0.6 is 0 Å². The third-order valence-corrected chi connectivity index (χ3v) is 3.07. The molecule has 6 nitrogen and oxygen atoms in total. The standard InChI is InChI=1S/C16H12F3NO5/c1-24-8-2-5-12(21)9(6-8)16(23)25-7-13(22)20-11-4-3-10(17)14(18)15(11)19/h2-6,21H,7H2,1H3,(H,20,22). The number of benzene rings is 2. The number of amides is 1. The molecule has 0 heterocycles. The fourth-order valence-electron chi connectivity index (χ4n) is 1.82. The lowest BCUT2D eigenvalue weighted by Crippen LogP contribution is -2.22. The van der Waals surface area contributed by atoms with Crippen LogP contribution in [0.2, 0.25) is 0 Å². The van der Waals surface area contributed by atoms with Crippen LogP contribution in [0.3, 0.4) is 0 Å². The van der Waals surface area contributed by atoms with Gasteiger partial charge in [-0.05, 0) is 30.3 Å². The van der Waals surface area contributed by atoms with Gasteiger partial charge in [0.2, 0.25) is 0 Å². The minimum Gasteiger partial charge on any atom is -0.507 e. The fraction of sp³-hybridized carbons (Fsp3) is 0.125. The predicted molar refractivity (Wildman–Crippen MR) is 79.9 cm³/mol. The summed E-state index contributed by atoms with van der Waals surface area (Å²) < 4.78 is 48.9. The zero-order chi connectivity index (χ0) is 18.6. The Morgan fingerprint density at radius 1 is 1.12 bits per heavy atom. The molecule has 9 heteroatoms. The van der Waals surface area contributed by atoms with Crippen LogP contribution in [0.1, 0.15) is 10.4 Å². The smallest absolute Gasteiger partial charge is 0.342 e. The van der Waals surface area contributed by atoms with Gasteiger partial charge in [0.15, 0.2) is 24.1 Å². The van der Waals surface area contributed by atoms with Crippen LogP contribution in [-0.4, -0.2) is 30.7 Å². The van der Waals surface area contributed by atoms with Gasteiger partial charge in [0.25, 0.3) is 5.91 Å². The van der Waals surface area contributed by atoms with Crippen LogP contribution < -0.4 is 10.1 Å². The monoisotopic (exact) mass is 355 g/mol. The Morgan fingerprint density at radius 2 is 1.84 bits per heavy atom. The van der Waals surface area contributed by atoms with Gasteiger partial charge in [-0.2, -0.15) is 0 Å². The van der Waals surface area contributed by atoms with Gasteiger partial charge in [0, 0.05) is 0 Å². The van der Waals surface area contributed by atoms with Crippen molar-refractivity contribution >= 4 is 17.6 Å². The average Bonchev–Trinajstić information content (AvgIpc) is 2.60. The molecule has 132 valence electrons. The summed E-state index contributed by atoms with van der Waals surface area (Å²) in [6.45, 7) is -0.839. The molecular weight excluding hydrogens is 343 g/mol. The summed E-state index contributed by atoms with van der Waals surface area (Å²) in [6.07, 6.45) is 0. The molecular formula is C16H12F3NO5. The van der Waals surface area contributed by atoms with Gasteiger partial charge < -0.3 is 19.9 Å². The third kappa shape index (κ3) is 4.19. The fourth-order valence-corrected chi connectivity index (χ4v) is 1.82. The third-order valence-electron chi connectivity index (χ3n) is 3.07. The van der Waals surface area contributed by atoms with Crippen molar-refractivity contribution < 1.29 is 37.3 Å². The number of phenolic OH excluding ortho intramolecular Hbond substituents is 1. The molecule has 0 aromatic heterocycles. The number of ether oxygens (including phenoxy) is 2. The van der Waals surface area contributed by atoms with Crippen LogP contribution in [-0.2, 0) is 9.53 Å². The molecule has 0 fully saturated rings. The summed E-state index contributed by atoms with van der Waals surface area (Å²) in [5, 5.41) is 11.5. The van der Waals surface area contributed by atoms with E-state index in [-0.39, 0.29) is 11.3 Å². The van der Waals surface area contributed by atoms with E-state index < -0.39 is 47.4 Å². The van der Waals surface area contributed by atoms with Crippen LogP contribution in [0.25, 0.3) is 0 Å². The molecule has 2 rings (SSSR count). The molecule has 0 aliphatic heterocycles. The lowest BCUT2D eigenvalue weighted by atomic mass is 10.2. The number of esters is 1. The van der Waals surface area contributed by atoms with Gasteiger partial charge in [-0.25, -0.2) is 18.0 Å². The SMILES string of the molecule is COc1ccc(O)c(C(=O)OCC(=O)Nc2ccc(F)c(F)c2F)c1. The van der Waals surface area contributed by atoms with Crippen molar-refractivity contribution in [2.24, 2.45) is 0 Å². The van der Waals surface area contributed by atoms with E-state index in [9.17, 15) is 27.9 Å². The van der Waals surface area contributed by atoms with Crippen molar-refractivity contribution in [1.29, 1.82) is 0 Å². The van der Waals surface area contributed by atoms with Gasteiger partial charge in [-0.1, -0.05) is 0 Å². The van der Waals surface area contributed by atoms with E-state index in [1.807, 2.05) is 5.32 Å². The lowest BCUT2D eigenvalue weighted by molar-refractivity contribution is -0.119. The first-order valence-electron chi connectivity index (χ1n) is 6.81. The van der Waals surface area contributed by atoms with Crippen LogP contribution in [0.5, 0.6) is 11.5 Å². The number of carbonyl (C=O) groups excluding carboxylic acids is 2. The molecule has 0 bridgehead atoms. The van der Waals surface area contributed by atoms with Gasteiger partial charge in [0.05, 0.1) is 12.8 Å². The van der Waals surface area contributed by atoms with Gasteiger partial charge in [0.1, 0.15) is 17.1 Å². The number of hydrogen-bond acceptors (Lipinski definition) is 5. The summed E-state index contributed by atoms with van der Waals surface area (Å²) in [5.41, 5.74) is -0.852. The second kappa shape index (κ2) is 7.56. The summed E-state index contributed by atoms with van der Waals surface area (Å²) in [5.74, 6) is -6.86. The molecule has 2 aromatic rings. The zero-order valence-corrected chi connectivity index (χ0v) is 12.8. The highest BCUT2D eigenvalue weighted by Crippen LogP contribution is 2.23. The van der Waals surface area contributed by atoms with Crippen molar-refractivity contribution in [3.05, 3.63) is 53.3 Å².